The summed E-state index contributed by atoms with van der Waals surface area (Å²) in [5, 5.41) is 19.1. The number of carbonyl (C=O) groups is 2. The standard InChI is InChI=1S/C18H20N6O2/c1-23(11-16(25)21-14-7-8-14)12-17(26)22-18-13(9-19)10-20-24(18)15-5-3-2-4-6-15/h2-6,10,14H,7-8,11-12H2,1H3,(H,21,25)(H,22,26). The van der Waals surface area contributed by atoms with E-state index in [2.05, 4.69) is 15.7 Å². The molecule has 1 aromatic carbocycles. The van der Waals surface area contributed by atoms with Gasteiger partial charge in [0.2, 0.25) is 11.8 Å². The first-order chi connectivity index (χ1) is 12.6. The van der Waals surface area contributed by atoms with Crippen molar-refractivity contribution in [3.05, 3.63) is 42.1 Å². The van der Waals surface area contributed by atoms with E-state index in [-0.39, 0.29) is 30.5 Å². The van der Waals surface area contributed by atoms with E-state index in [1.165, 1.54) is 10.9 Å². The minimum absolute atomic E-state index is 0.0307. The lowest BCUT2D eigenvalue weighted by atomic mass is 10.3. The van der Waals surface area contributed by atoms with Crippen LogP contribution in [0.3, 0.4) is 0 Å². The number of rotatable bonds is 7. The van der Waals surface area contributed by atoms with E-state index < -0.39 is 0 Å². The molecule has 0 saturated heterocycles. The number of carbonyl (C=O) groups excluding carboxylic acids is 2. The Morgan fingerprint density at radius 3 is 2.62 bits per heavy atom. The first-order valence-electron chi connectivity index (χ1n) is 8.38. The number of hydrogen-bond donors (Lipinski definition) is 2. The molecule has 0 radical (unpaired) electrons. The van der Waals surface area contributed by atoms with Crippen LogP contribution in [-0.4, -0.2) is 52.7 Å². The molecular formula is C18H20N6O2. The second-order valence-electron chi connectivity index (χ2n) is 6.33. The Balaban J connectivity index is 1.64. The van der Waals surface area contributed by atoms with Crippen molar-refractivity contribution >= 4 is 17.6 Å². The van der Waals surface area contributed by atoms with Crippen LogP contribution in [0.2, 0.25) is 0 Å². The molecule has 1 saturated carbocycles. The summed E-state index contributed by atoms with van der Waals surface area (Å²) in [6.07, 6.45) is 3.46. The molecule has 1 aliphatic rings. The van der Waals surface area contributed by atoms with Gasteiger partial charge in [-0.2, -0.15) is 10.4 Å². The van der Waals surface area contributed by atoms with Gasteiger partial charge >= 0.3 is 0 Å². The first kappa shape index (κ1) is 17.6. The van der Waals surface area contributed by atoms with Gasteiger partial charge in [0.05, 0.1) is 25.0 Å². The number of hydrogen-bond acceptors (Lipinski definition) is 5. The number of aromatic nitrogens is 2. The summed E-state index contributed by atoms with van der Waals surface area (Å²) in [7, 11) is 1.70. The molecule has 134 valence electrons. The Labute approximate surface area is 151 Å². The largest absolute Gasteiger partial charge is 0.352 e. The molecule has 0 spiro atoms. The van der Waals surface area contributed by atoms with Gasteiger partial charge in [0, 0.05) is 6.04 Å². The van der Waals surface area contributed by atoms with E-state index >= 15 is 0 Å². The van der Waals surface area contributed by atoms with Crippen LogP contribution in [0.25, 0.3) is 5.69 Å². The maximum absolute atomic E-state index is 12.4. The molecule has 2 N–H and O–H groups in total. The fourth-order valence-corrected chi connectivity index (χ4v) is 2.53. The smallest absolute Gasteiger partial charge is 0.239 e. The summed E-state index contributed by atoms with van der Waals surface area (Å²) in [5.74, 6) is -0.0877. The van der Waals surface area contributed by atoms with E-state index in [4.69, 9.17) is 0 Å². The predicted molar refractivity (Wildman–Crippen MR) is 95.6 cm³/mol. The van der Waals surface area contributed by atoms with Crippen LogP contribution in [0.15, 0.2) is 36.5 Å². The van der Waals surface area contributed by atoms with Crippen LogP contribution in [0, 0.1) is 11.3 Å². The zero-order valence-corrected chi connectivity index (χ0v) is 14.5. The summed E-state index contributed by atoms with van der Waals surface area (Å²) in [6.45, 7) is 0.176. The molecular weight excluding hydrogens is 332 g/mol. The molecule has 0 atom stereocenters. The minimum Gasteiger partial charge on any atom is -0.352 e. The fourth-order valence-electron chi connectivity index (χ4n) is 2.53. The molecule has 0 aliphatic heterocycles. The van der Waals surface area contributed by atoms with Crippen LogP contribution in [-0.2, 0) is 9.59 Å². The summed E-state index contributed by atoms with van der Waals surface area (Å²) in [6, 6.07) is 11.6. The minimum atomic E-state index is -0.319. The number of para-hydroxylation sites is 1. The lowest BCUT2D eigenvalue weighted by molar-refractivity contribution is -0.123. The Kier molecular flexibility index (Phi) is 5.29. The maximum Gasteiger partial charge on any atom is 0.239 e. The van der Waals surface area contributed by atoms with Gasteiger partial charge in [0.1, 0.15) is 11.6 Å². The monoisotopic (exact) mass is 352 g/mol. The fraction of sp³-hybridized carbons (Fsp3) is 0.333. The van der Waals surface area contributed by atoms with Gasteiger partial charge in [0.15, 0.2) is 5.82 Å². The van der Waals surface area contributed by atoms with Gasteiger partial charge in [0.25, 0.3) is 0 Å². The molecule has 1 heterocycles. The molecule has 0 bridgehead atoms. The van der Waals surface area contributed by atoms with E-state index in [0.717, 1.165) is 18.5 Å². The number of nitrogens with one attached hydrogen (secondary N) is 2. The molecule has 2 aromatic rings. The quantitative estimate of drug-likeness (QED) is 0.770. The predicted octanol–water partition coefficient (Wildman–Crippen LogP) is 0.893. The van der Waals surface area contributed by atoms with Crippen molar-refractivity contribution in [2.24, 2.45) is 0 Å². The highest BCUT2D eigenvalue weighted by atomic mass is 16.2. The van der Waals surface area contributed by atoms with Gasteiger partial charge < -0.3 is 10.6 Å². The van der Waals surface area contributed by atoms with Crippen molar-refractivity contribution in [1.82, 2.24) is 20.0 Å². The average Bonchev–Trinajstić information content (AvgIpc) is 3.33. The van der Waals surface area contributed by atoms with Crippen molar-refractivity contribution in [2.45, 2.75) is 18.9 Å². The highest BCUT2D eigenvalue weighted by Gasteiger charge is 2.24. The van der Waals surface area contributed by atoms with Gasteiger partial charge in [-0.25, -0.2) is 4.68 Å². The topological polar surface area (TPSA) is 103 Å². The van der Waals surface area contributed by atoms with Crippen LogP contribution < -0.4 is 10.6 Å². The third-order valence-corrected chi connectivity index (χ3v) is 3.92. The summed E-state index contributed by atoms with van der Waals surface area (Å²) < 4.78 is 1.51. The highest BCUT2D eigenvalue weighted by molar-refractivity contribution is 5.93. The van der Waals surface area contributed by atoms with E-state index in [1.54, 1.807) is 11.9 Å². The number of benzene rings is 1. The molecule has 8 heteroatoms. The molecule has 26 heavy (non-hydrogen) atoms. The third-order valence-electron chi connectivity index (χ3n) is 3.92. The Bertz CT molecular complexity index is 835. The van der Waals surface area contributed by atoms with Crippen LogP contribution in [0.4, 0.5) is 5.82 Å². The van der Waals surface area contributed by atoms with E-state index in [0.29, 0.717) is 11.9 Å². The van der Waals surface area contributed by atoms with Gasteiger partial charge in [-0.1, -0.05) is 18.2 Å². The Hall–Kier alpha value is -3.18. The second-order valence-corrected chi connectivity index (χ2v) is 6.33. The van der Waals surface area contributed by atoms with Gasteiger partial charge in [-0.3, -0.25) is 14.5 Å². The third kappa shape index (κ3) is 4.46. The number of amides is 2. The van der Waals surface area contributed by atoms with Crippen molar-refractivity contribution < 1.29 is 9.59 Å². The molecule has 3 rings (SSSR count). The maximum atomic E-state index is 12.4. The number of anilines is 1. The highest BCUT2D eigenvalue weighted by Crippen LogP contribution is 2.20. The SMILES string of the molecule is CN(CC(=O)Nc1c(C#N)cnn1-c1ccccc1)CC(=O)NC1CC1. The molecule has 1 fully saturated rings. The Morgan fingerprint density at radius 2 is 1.96 bits per heavy atom. The van der Waals surface area contributed by atoms with Crippen molar-refractivity contribution in [3.8, 4) is 11.8 Å². The number of nitrogens with zero attached hydrogens (tertiary/aromatic N) is 4. The zero-order valence-electron chi connectivity index (χ0n) is 14.5. The number of likely N-dealkylation sites (N-methyl/N-ethyl adjacent to an activating group) is 1. The molecule has 0 unspecified atom stereocenters. The van der Waals surface area contributed by atoms with Crippen molar-refractivity contribution in [1.29, 1.82) is 5.26 Å². The van der Waals surface area contributed by atoms with Gasteiger partial charge in [-0.05, 0) is 32.0 Å². The molecule has 1 aromatic heterocycles. The second kappa shape index (κ2) is 7.80. The van der Waals surface area contributed by atoms with Crippen molar-refractivity contribution in [3.63, 3.8) is 0 Å². The van der Waals surface area contributed by atoms with Crippen LogP contribution >= 0.6 is 0 Å². The summed E-state index contributed by atoms with van der Waals surface area (Å²) in [5.41, 5.74) is 1.01. The molecule has 8 nitrogen and oxygen atoms in total. The molecule has 1 aliphatic carbocycles. The van der Waals surface area contributed by atoms with Crippen LogP contribution in [0.5, 0.6) is 0 Å². The van der Waals surface area contributed by atoms with Gasteiger partial charge in [-0.15, -0.1) is 0 Å². The number of nitriles is 1. The first-order valence-corrected chi connectivity index (χ1v) is 8.38. The van der Waals surface area contributed by atoms with Crippen LogP contribution in [0.1, 0.15) is 18.4 Å². The van der Waals surface area contributed by atoms with E-state index in [1.807, 2.05) is 36.4 Å². The van der Waals surface area contributed by atoms with E-state index in [9.17, 15) is 14.9 Å². The van der Waals surface area contributed by atoms with Crippen molar-refractivity contribution in [2.75, 3.05) is 25.5 Å². The Morgan fingerprint density at radius 1 is 1.27 bits per heavy atom. The summed E-state index contributed by atoms with van der Waals surface area (Å²) in [4.78, 5) is 25.8. The zero-order chi connectivity index (χ0) is 18.5. The normalized spacial score (nSPS) is 13.3. The lowest BCUT2D eigenvalue weighted by Crippen LogP contribution is -2.39. The molecule has 2 amide bonds. The lowest BCUT2D eigenvalue weighted by Gasteiger charge is -2.16. The average molecular weight is 352 g/mol. The summed E-state index contributed by atoms with van der Waals surface area (Å²) >= 11 is 0.